The van der Waals surface area contributed by atoms with Crippen LogP contribution in [-0.2, 0) is 6.50 Å². The van der Waals surface area contributed by atoms with E-state index in [1.54, 1.807) is 6.26 Å². The molecule has 0 aliphatic heterocycles. The fraction of sp³-hybridized carbons (Fsp3) is 0.308. The van der Waals surface area contributed by atoms with Crippen LogP contribution in [0.15, 0.2) is 28.2 Å². The lowest BCUT2D eigenvalue weighted by Gasteiger charge is -2.10. The lowest BCUT2D eigenvalue weighted by atomic mass is 10.2. The number of halogens is 1. The molecule has 0 saturated heterocycles. The van der Waals surface area contributed by atoms with E-state index in [0.29, 0.717) is 4.57 Å². The van der Waals surface area contributed by atoms with Gasteiger partial charge in [-0.15, -0.1) is 10.2 Å². The fourth-order valence-electron chi connectivity index (χ4n) is 2.07. The Balaban J connectivity index is 2.63. The Labute approximate surface area is 124 Å². The van der Waals surface area contributed by atoms with Gasteiger partial charge < -0.3 is 0 Å². The Hall–Kier alpha value is -1.89. The Kier molecular flexibility index (Phi) is 2.23. The monoisotopic (exact) mass is 296 g/mol. The van der Waals surface area contributed by atoms with Gasteiger partial charge in [-0.05, 0) is 24.8 Å². The van der Waals surface area contributed by atoms with Crippen molar-refractivity contribution in [3.63, 3.8) is 0 Å². The van der Waals surface area contributed by atoms with Crippen LogP contribution in [0.3, 0.4) is 0 Å². The minimum atomic E-state index is -2.71. The molecule has 2 aromatic heterocycles. The van der Waals surface area contributed by atoms with Gasteiger partial charge >= 0.3 is 0 Å². The minimum absolute atomic E-state index is 0.0597. The first-order chi connectivity index (χ1) is 11.1. The second-order valence-electron chi connectivity index (χ2n) is 3.96. The summed E-state index contributed by atoms with van der Waals surface area (Å²) in [5.74, 6) is -0.922. The average Bonchev–Trinajstić information content (AvgIpc) is 2.89. The summed E-state index contributed by atoms with van der Waals surface area (Å²) in [5, 5.41) is 7.85. The third-order valence-corrected chi connectivity index (χ3v) is 3.50. The van der Waals surface area contributed by atoms with Gasteiger partial charge in [-0.3, -0.25) is 13.8 Å². The lowest BCUT2D eigenvalue weighted by molar-refractivity contribution is 0.626. The van der Waals surface area contributed by atoms with Gasteiger partial charge in [-0.2, -0.15) is 0 Å². The molecule has 0 spiro atoms. The predicted molar refractivity (Wildman–Crippen MR) is 76.8 cm³/mol. The number of rotatable bonds is 3. The van der Waals surface area contributed by atoms with Crippen LogP contribution in [0.1, 0.15) is 18.8 Å². The maximum absolute atomic E-state index is 14.4. The molecule has 0 N–H and O–H groups in total. The smallest absolute Gasteiger partial charge is 0.262 e. The van der Waals surface area contributed by atoms with Crippen molar-refractivity contribution in [1.82, 2.24) is 19.2 Å². The quantitative estimate of drug-likeness (QED) is 0.696. The van der Waals surface area contributed by atoms with Crippen LogP contribution < -0.4 is 5.56 Å². The number of thioether (sulfide) groups is 1. The van der Waals surface area contributed by atoms with Gasteiger partial charge in [0.25, 0.3) is 5.56 Å². The van der Waals surface area contributed by atoms with Crippen LogP contribution in [0.25, 0.3) is 16.7 Å². The Morgan fingerprint density at radius 2 is 2.25 bits per heavy atom. The molecule has 7 heteroatoms. The zero-order valence-electron chi connectivity index (χ0n) is 14.7. The Morgan fingerprint density at radius 1 is 1.45 bits per heavy atom. The molecule has 5 nitrogen and oxygen atoms in total. The summed E-state index contributed by atoms with van der Waals surface area (Å²) >= 11 is 1.15. The summed E-state index contributed by atoms with van der Waals surface area (Å²) in [6.07, 6.45) is -0.698. The van der Waals surface area contributed by atoms with Gasteiger partial charge in [0.2, 0.25) is 5.78 Å². The minimum Gasteiger partial charge on any atom is -0.276 e. The van der Waals surface area contributed by atoms with Crippen molar-refractivity contribution < 1.29 is 9.87 Å². The Bertz CT molecular complexity index is 1010. The molecule has 20 heavy (non-hydrogen) atoms. The van der Waals surface area contributed by atoms with Gasteiger partial charge in [-0.25, -0.2) is 4.39 Å². The molecule has 2 heterocycles. The van der Waals surface area contributed by atoms with E-state index in [1.165, 1.54) is 22.6 Å². The second-order valence-corrected chi connectivity index (χ2v) is 4.73. The maximum Gasteiger partial charge on any atom is 0.262 e. The zero-order chi connectivity index (χ0) is 17.9. The van der Waals surface area contributed by atoms with Crippen LogP contribution in [-0.4, -0.2) is 25.4 Å². The molecular weight excluding hydrogens is 279 g/mol. The van der Waals surface area contributed by atoms with Crippen molar-refractivity contribution in [2.45, 2.75) is 24.9 Å². The Morgan fingerprint density at radius 3 is 2.95 bits per heavy atom. The molecule has 1 aromatic carbocycles. The molecule has 3 rings (SSSR count). The molecule has 0 aliphatic rings. The van der Waals surface area contributed by atoms with Crippen LogP contribution in [0, 0.1) is 5.82 Å². The van der Waals surface area contributed by atoms with Crippen LogP contribution >= 0.6 is 11.8 Å². The highest BCUT2D eigenvalue weighted by molar-refractivity contribution is 7.98. The van der Waals surface area contributed by atoms with E-state index in [0.717, 1.165) is 18.7 Å². The van der Waals surface area contributed by atoms with Gasteiger partial charge in [0.05, 0.1) is 10.9 Å². The molecule has 0 radical (unpaired) electrons. The molecule has 0 amide bonds. The zero-order valence-corrected chi connectivity index (χ0v) is 11.5. The van der Waals surface area contributed by atoms with Crippen molar-refractivity contribution in [1.29, 1.82) is 0 Å². The summed E-state index contributed by atoms with van der Waals surface area (Å²) in [6.45, 7) is -1.69. The number of para-hydroxylation sites is 1. The van der Waals surface area contributed by atoms with E-state index in [-0.39, 0.29) is 21.8 Å². The van der Waals surface area contributed by atoms with Crippen molar-refractivity contribution >= 4 is 28.4 Å². The SMILES string of the molecule is [2H]C([2H])(C)C([2H])([2H])n1c(=O)c2cccc(F)c2n2c(SC)nnc12. The number of benzene rings is 1. The number of aromatic nitrogens is 4. The molecule has 0 atom stereocenters. The van der Waals surface area contributed by atoms with Gasteiger partial charge in [0.1, 0.15) is 5.82 Å². The average molecular weight is 296 g/mol. The predicted octanol–water partition coefficient (Wildman–Crippen LogP) is 2.32. The standard InChI is InChI=1S/C13H13FN4OS/c1-3-7-17-11(19)8-5-4-6-9(14)10(8)18-12(17)15-16-13(18)20-2/h4-6H,3,7H2,1-2H3/i3D2,7D2. The van der Waals surface area contributed by atoms with Crippen molar-refractivity contribution in [2.75, 3.05) is 6.26 Å². The van der Waals surface area contributed by atoms with E-state index in [4.69, 9.17) is 5.48 Å². The first-order valence-electron chi connectivity index (χ1n) is 7.74. The number of hydrogen-bond acceptors (Lipinski definition) is 4. The highest BCUT2D eigenvalue weighted by Crippen LogP contribution is 2.21. The summed E-state index contributed by atoms with van der Waals surface area (Å²) in [6, 6.07) is 3.89. The van der Waals surface area contributed by atoms with Crippen molar-refractivity contribution in [3.8, 4) is 0 Å². The molecule has 0 fully saturated rings. The maximum atomic E-state index is 14.4. The number of aryl methyl sites for hydroxylation is 1. The second kappa shape index (κ2) is 4.90. The largest absolute Gasteiger partial charge is 0.276 e. The highest BCUT2D eigenvalue weighted by atomic mass is 32.2. The number of nitrogens with zero attached hydrogens (tertiary/aromatic N) is 4. The molecule has 0 aliphatic carbocycles. The lowest BCUT2D eigenvalue weighted by Crippen LogP contribution is -2.23. The first-order valence-corrected chi connectivity index (χ1v) is 6.96. The van der Waals surface area contributed by atoms with Gasteiger partial charge in [0.15, 0.2) is 5.16 Å². The normalized spacial score (nSPS) is 15.9. The van der Waals surface area contributed by atoms with Crippen LogP contribution in [0.4, 0.5) is 4.39 Å². The highest BCUT2D eigenvalue weighted by Gasteiger charge is 2.17. The summed E-state index contributed by atoms with van der Waals surface area (Å²) < 4.78 is 47.9. The number of fused-ring (bicyclic) bond motifs is 3. The molecule has 3 aromatic rings. The summed E-state index contributed by atoms with van der Waals surface area (Å²) in [7, 11) is 0. The van der Waals surface area contributed by atoms with Crippen molar-refractivity contribution in [3.05, 3.63) is 34.4 Å². The van der Waals surface area contributed by atoms with E-state index >= 15 is 0 Å². The third kappa shape index (κ3) is 1.73. The van der Waals surface area contributed by atoms with Gasteiger partial charge in [-0.1, -0.05) is 24.8 Å². The molecule has 0 saturated carbocycles. The van der Waals surface area contributed by atoms with Crippen molar-refractivity contribution in [2.24, 2.45) is 0 Å². The van der Waals surface area contributed by atoms with E-state index in [9.17, 15) is 9.18 Å². The molecular formula is C13H13FN4OS. The molecule has 0 unspecified atom stereocenters. The topological polar surface area (TPSA) is 52.2 Å². The van der Waals surface area contributed by atoms with E-state index < -0.39 is 24.2 Å². The first kappa shape index (κ1) is 9.12. The van der Waals surface area contributed by atoms with E-state index in [2.05, 4.69) is 10.2 Å². The number of hydrogen-bond donors (Lipinski definition) is 0. The van der Waals surface area contributed by atoms with E-state index in [1.807, 2.05) is 0 Å². The summed E-state index contributed by atoms with van der Waals surface area (Å²) in [5.41, 5.74) is -0.927. The molecule has 104 valence electrons. The van der Waals surface area contributed by atoms with Crippen LogP contribution in [0.5, 0.6) is 0 Å². The fourth-order valence-corrected chi connectivity index (χ4v) is 2.55. The van der Waals surface area contributed by atoms with Gasteiger partial charge in [0, 0.05) is 12.0 Å². The summed E-state index contributed by atoms with van der Waals surface area (Å²) in [4.78, 5) is 12.8. The van der Waals surface area contributed by atoms with Crippen LogP contribution in [0.2, 0.25) is 0 Å². The third-order valence-electron chi connectivity index (χ3n) is 2.87. The molecule has 0 bridgehead atoms.